The average molecular weight is 220 g/mol. The van der Waals surface area contributed by atoms with Gasteiger partial charge in [-0.05, 0) is 6.07 Å². The van der Waals surface area contributed by atoms with E-state index < -0.39 is 0 Å². The fourth-order valence-electron chi connectivity index (χ4n) is 1.80. The summed E-state index contributed by atoms with van der Waals surface area (Å²) in [6.45, 7) is 5.43. The number of hydrogen-bond acceptors (Lipinski definition) is 4. The molecule has 0 bridgehead atoms. The third kappa shape index (κ3) is 2.70. The van der Waals surface area contributed by atoms with Gasteiger partial charge in [0.2, 0.25) is 5.91 Å². The monoisotopic (exact) mass is 220 g/mol. The number of nitrogens with one attached hydrogen (secondary N) is 2. The molecule has 0 atom stereocenters. The first kappa shape index (κ1) is 10.9. The summed E-state index contributed by atoms with van der Waals surface area (Å²) < 4.78 is 0. The zero-order valence-corrected chi connectivity index (χ0v) is 9.36. The lowest BCUT2D eigenvalue weighted by molar-refractivity contribution is -0.114. The van der Waals surface area contributed by atoms with Crippen LogP contribution < -0.4 is 15.5 Å². The third-order valence-electron chi connectivity index (χ3n) is 2.53. The normalized spacial score (nSPS) is 15.9. The van der Waals surface area contributed by atoms with Gasteiger partial charge in [-0.1, -0.05) is 0 Å². The van der Waals surface area contributed by atoms with Gasteiger partial charge in [0.1, 0.15) is 0 Å². The fraction of sp³-hybridized carbons (Fsp3) is 0.455. The Labute approximate surface area is 94.9 Å². The molecule has 0 saturated carbocycles. The lowest BCUT2D eigenvalue weighted by atomic mass is 10.3. The molecule has 5 heteroatoms. The molecule has 16 heavy (non-hydrogen) atoms. The second-order valence-electron chi connectivity index (χ2n) is 3.85. The number of nitrogens with zero attached hydrogens (tertiary/aromatic N) is 2. The molecule has 1 aliphatic rings. The molecule has 0 aromatic carbocycles. The lowest BCUT2D eigenvalue weighted by Crippen LogP contribution is -2.43. The molecule has 0 aliphatic carbocycles. The Morgan fingerprint density at radius 1 is 1.44 bits per heavy atom. The highest BCUT2D eigenvalue weighted by atomic mass is 16.1. The summed E-state index contributed by atoms with van der Waals surface area (Å²) >= 11 is 0. The van der Waals surface area contributed by atoms with Gasteiger partial charge in [-0.3, -0.25) is 9.78 Å². The summed E-state index contributed by atoms with van der Waals surface area (Å²) in [6, 6.07) is 1.96. The van der Waals surface area contributed by atoms with Gasteiger partial charge in [0.15, 0.2) is 0 Å². The van der Waals surface area contributed by atoms with Gasteiger partial charge in [-0.15, -0.1) is 0 Å². The highest BCUT2D eigenvalue weighted by Gasteiger charge is 2.11. The molecule has 1 fully saturated rings. The Morgan fingerprint density at radius 2 is 2.19 bits per heavy atom. The van der Waals surface area contributed by atoms with E-state index in [-0.39, 0.29) is 5.91 Å². The molecule has 0 unspecified atom stereocenters. The average Bonchev–Trinajstić information content (AvgIpc) is 2.30. The number of rotatable bonds is 2. The number of pyridine rings is 1. The summed E-state index contributed by atoms with van der Waals surface area (Å²) in [5.74, 6) is -0.0701. The zero-order chi connectivity index (χ0) is 11.4. The maximum absolute atomic E-state index is 10.9. The molecular formula is C11H16N4O. The van der Waals surface area contributed by atoms with Crippen LogP contribution in [0.3, 0.4) is 0 Å². The van der Waals surface area contributed by atoms with Crippen molar-refractivity contribution in [2.75, 3.05) is 36.4 Å². The quantitative estimate of drug-likeness (QED) is 0.759. The van der Waals surface area contributed by atoms with Crippen molar-refractivity contribution in [2.45, 2.75) is 6.92 Å². The number of anilines is 2. The first-order chi connectivity index (χ1) is 7.75. The Hall–Kier alpha value is -1.62. The standard InChI is InChI=1S/C11H16N4O/c1-9(16)14-10-6-11(8-13-7-10)15-4-2-12-3-5-15/h6-8,12H,2-5H2,1H3,(H,14,16). The van der Waals surface area contributed by atoms with Crippen LogP contribution in [0.2, 0.25) is 0 Å². The third-order valence-corrected chi connectivity index (χ3v) is 2.53. The van der Waals surface area contributed by atoms with E-state index in [1.807, 2.05) is 12.3 Å². The summed E-state index contributed by atoms with van der Waals surface area (Å²) in [5.41, 5.74) is 1.82. The molecule has 1 saturated heterocycles. The number of carbonyl (C=O) groups excluding carboxylic acids is 1. The van der Waals surface area contributed by atoms with E-state index in [9.17, 15) is 4.79 Å². The molecule has 1 amide bonds. The van der Waals surface area contributed by atoms with Gasteiger partial charge in [0.25, 0.3) is 0 Å². The molecule has 86 valence electrons. The van der Waals surface area contributed by atoms with Crippen LogP contribution >= 0.6 is 0 Å². The molecule has 0 radical (unpaired) electrons. The summed E-state index contributed by atoms with van der Waals surface area (Å²) in [4.78, 5) is 17.3. The van der Waals surface area contributed by atoms with E-state index in [4.69, 9.17) is 0 Å². The van der Waals surface area contributed by atoms with Crippen LogP contribution in [0.1, 0.15) is 6.92 Å². The first-order valence-corrected chi connectivity index (χ1v) is 5.44. The second kappa shape index (κ2) is 4.94. The molecule has 5 nitrogen and oxygen atoms in total. The highest BCUT2D eigenvalue weighted by molar-refractivity contribution is 5.88. The van der Waals surface area contributed by atoms with Crippen molar-refractivity contribution in [2.24, 2.45) is 0 Å². The van der Waals surface area contributed by atoms with Gasteiger partial charge in [-0.25, -0.2) is 0 Å². The summed E-state index contributed by atoms with van der Waals surface area (Å²) in [5, 5.41) is 6.04. The van der Waals surface area contributed by atoms with Crippen molar-refractivity contribution >= 4 is 17.3 Å². The molecule has 1 aliphatic heterocycles. The van der Waals surface area contributed by atoms with Crippen LogP contribution in [0.4, 0.5) is 11.4 Å². The van der Waals surface area contributed by atoms with E-state index in [2.05, 4.69) is 20.5 Å². The predicted octanol–water partition coefficient (Wildman–Crippen LogP) is 0.450. The molecule has 1 aromatic heterocycles. The molecular weight excluding hydrogens is 204 g/mol. The van der Waals surface area contributed by atoms with Gasteiger partial charge in [0, 0.05) is 33.1 Å². The highest BCUT2D eigenvalue weighted by Crippen LogP contribution is 2.17. The van der Waals surface area contributed by atoms with Gasteiger partial charge in [0.05, 0.1) is 23.8 Å². The van der Waals surface area contributed by atoms with Crippen molar-refractivity contribution in [3.63, 3.8) is 0 Å². The summed E-state index contributed by atoms with van der Waals surface area (Å²) in [7, 11) is 0. The van der Waals surface area contributed by atoms with Crippen LogP contribution in [0, 0.1) is 0 Å². The molecule has 2 N–H and O–H groups in total. The molecule has 2 rings (SSSR count). The smallest absolute Gasteiger partial charge is 0.221 e. The maximum atomic E-state index is 10.9. The topological polar surface area (TPSA) is 57.3 Å². The minimum absolute atomic E-state index is 0.0701. The fourth-order valence-corrected chi connectivity index (χ4v) is 1.80. The Morgan fingerprint density at radius 3 is 2.88 bits per heavy atom. The Balaban J connectivity index is 2.11. The second-order valence-corrected chi connectivity index (χ2v) is 3.85. The van der Waals surface area contributed by atoms with Crippen LogP contribution in [0.25, 0.3) is 0 Å². The Bertz CT molecular complexity index is 374. The summed E-state index contributed by atoms with van der Waals surface area (Å²) in [6.07, 6.45) is 3.49. The van der Waals surface area contributed by atoms with E-state index in [0.29, 0.717) is 0 Å². The largest absolute Gasteiger partial charge is 0.368 e. The van der Waals surface area contributed by atoms with Crippen LogP contribution in [0.5, 0.6) is 0 Å². The minimum Gasteiger partial charge on any atom is -0.368 e. The van der Waals surface area contributed by atoms with Crippen molar-refractivity contribution in [1.29, 1.82) is 0 Å². The lowest BCUT2D eigenvalue weighted by Gasteiger charge is -2.29. The maximum Gasteiger partial charge on any atom is 0.221 e. The zero-order valence-electron chi connectivity index (χ0n) is 9.36. The van der Waals surface area contributed by atoms with E-state index >= 15 is 0 Å². The number of carbonyl (C=O) groups is 1. The van der Waals surface area contributed by atoms with E-state index in [1.165, 1.54) is 6.92 Å². The van der Waals surface area contributed by atoms with Crippen LogP contribution in [-0.2, 0) is 4.79 Å². The minimum atomic E-state index is -0.0701. The van der Waals surface area contributed by atoms with Crippen molar-refractivity contribution < 1.29 is 4.79 Å². The van der Waals surface area contributed by atoms with E-state index in [0.717, 1.165) is 37.6 Å². The molecule has 0 spiro atoms. The van der Waals surface area contributed by atoms with E-state index in [1.54, 1.807) is 6.20 Å². The number of piperazine rings is 1. The van der Waals surface area contributed by atoms with Gasteiger partial charge < -0.3 is 15.5 Å². The first-order valence-electron chi connectivity index (χ1n) is 5.44. The van der Waals surface area contributed by atoms with Crippen molar-refractivity contribution in [3.8, 4) is 0 Å². The SMILES string of the molecule is CC(=O)Nc1cncc(N2CCNCC2)c1. The number of hydrogen-bond donors (Lipinski definition) is 2. The Kier molecular flexibility index (Phi) is 3.36. The van der Waals surface area contributed by atoms with Crippen LogP contribution in [-0.4, -0.2) is 37.1 Å². The van der Waals surface area contributed by atoms with Gasteiger partial charge >= 0.3 is 0 Å². The van der Waals surface area contributed by atoms with Crippen LogP contribution in [0.15, 0.2) is 18.5 Å². The molecule has 1 aromatic rings. The molecule has 2 heterocycles. The predicted molar refractivity (Wildman–Crippen MR) is 63.6 cm³/mol. The number of amides is 1. The number of aromatic nitrogens is 1. The van der Waals surface area contributed by atoms with Crippen molar-refractivity contribution in [3.05, 3.63) is 18.5 Å². The van der Waals surface area contributed by atoms with Crippen molar-refractivity contribution in [1.82, 2.24) is 10.3 Å². The van der Waals surface area contributed by atoms with Gasteiger partial charge in [-0.2, -0.15) is 0 Å².